The minimum absolute atomic E-state index is 0.0874. The second-order valence-electron chi connectivity index (χ2n) is 9.29. The van der Waals surface area contributed by atoms with E-state index in [1.54, 1.807) is 4.90 Å². The smallest absolute Gasteiger partial charge is 0.407 e. The quantitative estimate of drug-likeness (QED) is 0.707. The number of halogens is 1. The molecular weight excluding hydrogens is 446 g/mol. The highest BCUT2D eigenvalue weighted by Gasteiger charge is 2.44. The van der Waals surface area contributed by atoms with Crippen LogP contribution >= 0.6 is 15.9 Å². The molecule has 2 heterocycles. The molecule has 7 heteroatoms. The molecule has 166 valence electrons. The van der Waals surface area contributed by atoms with Crippen molar-refractivity contribution in [3.05, 3.63) is 33.8 Å². The summed E-state index contributed by atoms with van der Waals surface area (Å²) < 4.78 is 7.34. The van der Waals surface area contributed by atoms with Gasteiger partial charge in [-0.3, -0.25) is 9.80 Å². The molecule has 0 radical (unpaired) electrons. The van der Waals surface area contributed by atoms with Gasteiger partial charge in [0, 0.05) is 61.8 Å². The van der Waals surface area contributed by atoms with Gasteiger partial charge in [0.1, 0.15) is 0 Å². The van der Waals surface area contributed by atoms with Gasteiger partial charge in [-0.05, 0) is 56.9 Å². The molecule has 1 aliphatic carbocycles. The third-order valence-electron chi connectivity index (χ3n) is 7.49. The summed E-state index contributed by atoms with van der Waals surface area (Å²) in [5.41, 5.74) is 2.90. The SMILES string of the molecule is CCO[C@H]1Cc2cc(Br)ccc2[C@H]1N1CCN(C2(C)CCN(C(=O)O)CC2)C[C@@H]1C. The first-order valence-corrected chi connectivity index (χ1v) is 12.0. The van der Waals surface area contributed by atoms with Crippen molar-refractivity contribution in [2.75, 3.05) is 39.3 Å². The molecular formula is C23H34BrN3O3. The molecule has 6 nitrogen and oxygen atoms in total. The molecule has 30 heavy (non-hydrogen) atoms. The highest BCUT2D eigenvalue weighted by molar-refractivity contribution is 9.10. The molecule has 2 aliphatic heterocycles. The van der Waals surface area contributed by atoms with E-state index in [9.17, 15) is 9.90 Å². The predicted molar refractivity (Wildman–Crippen MR) is 121 cm³/mol. The lowest BCUT2D eigenvalue weighted by Gasteiger charge is -2.52. The zero-order chi connectivity index (χ0) is 21.5. The van der Waals surface area contributed by atoms with Gasteiger partial charge >= 0.3 is 6.09 Å². The van der Waals surface area contributed by atoms with Crippen LogP contribution in [0.1, 0.15) is 50.8 Å². The van der Waals surface area contributed by atoms with Crippen molar-refractivity contribution in [2.24, 2.45) is 0 Å². The molecule has 2 fully saturated rings. The fourth-order valence-electron chi connectivity index (χ4n) is 5.70. The largest absolute Gasteiger partial charge is 0.465 e. The number of carbonyl (C=O) groups is 1. The van der Waals surface area contributed by atoms with E-state index in [2.05, 4.69) is 64.7 Å². The number of rotatable bonds is 4. The first kappa shape index (κ1) is 22.1. The minimum Gasteiger partial charge on any atom is -0.465 e. The second-order valence-corrected chi connectivity index (χ2v) is 10.2. The topological polar surface area (TPSA) is 56.2 Å². The van der Waals surface area contributed by atoms with Gasteiger partial charge in [-0.2, -0.15) is 0 Å². The minimum atomic E-state index is -0.788. The third-order valence-corrected chi connectivity index (χ3v) is 7.98. The molecule has 0 unspecified atom stereocenters. The van der Waals surface area contributed by atoms with Crippen LogP contribution in [0.5, 0.6) is 0 Å². The fourth-order valence-corrected chi connectivity index (χ4v) is 6.10. The molecule has 2 saturated heterocycles. The zero-order valence-corrected chi connectivity index (χ0v) is 19.9. The Morgan fingerprint density at radius 3 is 2.63 bits per heavy atom. The van der Waals surface area contributed by atoms with Crippen LogP contribution in [-0.4, -0.2) is 82.9 Å². The summed E-state index contributed by atoms with van der Waals surface area (Å²) in [4.78, 5) is 18.1. The number of piperazine rings is 1. The Morgan fingerprint density at radius 2 is 2.00 bits per heavy atom. The van der Waals surface area contributed by atoms with E-state index < -0.39 is 6.09 Å². The number of hydrogen-bond donors (Lipinski definition) is 1. The van der Waals surface area contributed by atoms with Crippen LogP contribution in [0.15, 0.2) is 22.7 Å². The van der Waals surface area contributed by atoms with Crippen LogP contribution in [0.3, 0.4) is 0 Å². The number of amides is 1. The Labute approximate surface area is 188 Å². The lowest BCUT2D eigenvalue weighted by atomic mass is 9.86. The summed E-state index contributed by atoms with van der Waals surface area (Å²) in [6.07, 6.45) is 2.22. The number of hydrogen-bond acceptors (Lipinski definition) is 4. The van der Waals surface area contributed by atoms with Crippen molar-refractivity contribution in [3.8, 4) is 0 Å². The maximum absolute atomic E-state index is 11.3. The lowest BCUT2D eigenvalue weighted by molar-refractivity contribution is -0.0632. The fraction of sp³-hybridized carbons (Fsp3) is 0.696. The van der Waals surface area contributed by atoms with E-state index in [1.165, 1.54) is 11.1 Å². The van der Waals surface area contributed by atoms with Gasteiger partial charge in [0.05, 0.1) is 12.1 Å². The molecule has 0 saturated carbocycles. The van der Waals surface area contributed by atoms with Crippen molar-refractivity contribution in [3.63, 3.8) is 0 Å². The van der Waals surface area contributed by atoms with Crippen LogP contribution in [0.4, 0.5) is 4.79 Å². The highest BCUT2D eigenvalue weighted by atomic mass is 79.9. The van der Waals surface area contributed by atoms with Crippen LogP contribution < -0.4 is 0 Å². The molecule has 1 aromatic rings. The van der Waals surface area contributed by atoms with Crippen molar-refractivity contribution < 1.29 is 14.6 Å². The number of likely N-dealkylation sites (tertiary alicyclic amines) is 1. The van der Waals surface area contributed by atoms with E-state index in [0.29, 0.717) is 25.2 Å². The standard InChI is InChI=1S/C23H34BrN3O3/c1-4-30-20-14-17-13-18(24)5-6-19(17)21(20)27-12-11-26(15-16(27)2)23(3)7-9-25(10-8-23)22(28)29/h5-6,13,16,20-21H,4,7-12,14-15H2,1-3H3,(H,28,29)/t16-,20-,21+/m0/s1. The van der Waals surface area contributed by atoms with Crippen LogP contribution in [0.25, 0.3) is 0 Å². The third kappa shape index (κ3) is 4.14. The van der Waals surface area contributed by atoms with Crippen molar-refractivity contribution in [2.45, 2.75) is 63.8 Å². The molecule has 1 aromatic carbocycles. The first-order valence-electron chi connectivity index (χ1n) is 11.2. The number of benzene rings is 1. The van der Waals surface area contributed by atoms with E-state index in [4.69, 9.17) is 4.74 Å². The molecule has 0 bridgehead atoms. The van der Waals surface area contributed by atoms with Gasteiger partial charge in [0.2, 0.25) is 0 Å². The number of ether oxygens (including phenoxy) is 1. The Hall–Kier alpha value is -1.15. The Kier molecular flexibility index (Phi) is 6.45. The average molecular weight is 480 g/mol. The van der Waals surface area contributed by atoms with Crippen LogP contribution in [0.2, 0.25) is 0 Å². The zero-order valence-electron chi connectivity index (χ0n) is 18.3. The lowest BCUT2D eigenvalue weighted by Crippen LogP contribution is -2.62. The summed E-state index contributed by atoms with van der Waals surface area (Å²) in [5, 5.41) is 9.27. The Morgan fingerprint density at radius 1 is 1.27 bits per heavy atom. The number of nitrogens with zero attached hydrogens (tertiary/aromatic N) is 3. The summed E-state index contributed by atoms with van der Waals surface area (Å²) in [7, 11) is 0. The molecule has 3 atom stereocenters. The maximum atomic E-state index is 11.3. The van der Waals surface area contributed by atoms with Crippen LogP contribution in [0, 0.1) is 0 Å². The number of piperidine rings is 1. The van der Waals surface area contributed by atoms with E-state index in [1.807, 2.05) is 0 Å². The molecule has 0 spiro atoms. The Bertz CT molecular complexity index is 781. The second kappa shape index (κ2) is 8.77. The molecule has 1 N–H and O–H groups in total. The first-order chi connectivity index (χ1) is 14.3. The van der Waals surface area contributed by atoms with E-state index in [0.717, 1.165) is 50.0 Å². The van der Waals surface area contributed by atoms with Gasteiger partial charge in [0.25, 0.3) is 0 Å². The van der Waals surface area contributed by atoms with Gasteiger partial charge in [0.15, 0.2) is 0 Å². The molecule has 4 rings (SSSR count). The van der Waals surface area contributed by atoms with Crippen LogP contribution in [-0.2, 0) is 11.2 Å². The Balaban J connectivity index is 1.47. The van der Waals surface area contributed by atoms with Crippen molar-refractivity contribution >= 4 is 22.0 Å². The molecule has 0 aromatic heterocycles. The molecule has 3 aliphatic rings. The van der Waals surface area contributed by atoms with Gasteiger partial charge in [-0.1, -0.05) is 22.0 Å². The monoisotopic (exact) mass is 479 g/mol. The van der Waals surface area contributed by atoms with Crippen molar-refractivity contribution in [1.82, 2.24) is 14.7 Å². The predicted octanol–water partition coefficient (Wildman–Crippen LogP) is 3.99. The summed E-state index contributed by atoms with van der Waals surface area (Å²) in [6, 6.07) is 7.41. The summed E-state index contributed by atoms with van der Waals surface area (Å²) in [5.74, 6) is 0. The summed E-state index contributed by atoms with van der Waals surface area (Å²) >= 11 is 3.62. The summed E-state index contributed by atoms with van der Waals surface area (Å²) in [6.45, 7) is 11.8. The normalized spacial score (nSPS) is 29.7. The van der Waals surface area contributed by atoms with E-state index >= 15 is 0 Å². The highest BCUT2D eigenvalue weighted by Crippen LogP contribution is 2.41. The average Bonchev–Trinajstić information content (AvgIpc) is 3.05. The van der Waals surface area contributed by atoms with Gasteiger partial charge in [-0.15, -0.1) is 0 Å². The molecule has 1 amide bonds. The maximum Gasteiger partial charge on any atom is 0.407 e. The number of carboxylic acid groups (broad SMARTS) is 1. The van der Waals surface area contributed by atoms with E-state index in [-0.39, 0.29) is 11.6 Å². The van der Waals surface area contributed by atoms with Crippen molar-refractivity contribution in [1.29, 1.82) is 0 Å². The number of fused-ring (bicyclic) bond motifs is 1. The van der Waals surface area contributed by atoms with Gasteiger partial charge in [-0.25, -0.2) is 4.79 Å². The van der Waals surface area contributed by atoms with Gasteiger partial charge < -0.3 is 14.7 Å².